The summed E-state index contributed by atoms with van der Waals surface area (Å²) in [5.41, 5.74) is 4.64. The van der Waals surface area contributed by atoms with Crippen LogP contribution >= 0.6 is 11.9 Å². The molecule has 1 fully saturated rings. The maximum Gasteiger partial charge on any atom is 0.259 e. The number of hydrogen-bond acceptors (Lipinski definition) is 4. The van der Waals surface area contributed by atoms with Crippen LogP contribution in [0.1, 0.15) is 19.3 Å². The van der Waals surface area contributed by atoms with Crippen LogP contribution in [0.4, 0.5) is 14.5 Å². The van der Waals surface area contributed by atoms with E-state index in [-0.39, 0.29) is 10.8 Å². The van der Waals surface area contributed by atoms with E-state index in [0.29, 0.717) is 13.0 Å². The van der Waals surface area contributed by atoms with Crippen LogP contribution in [-0.2, 0) is 9.53 Å². The van der Waals surface area contributed by atoms with E-state index in [9.17, 15) is 13.6 Å². The number of amides is 1. The molecule has 0 aliphatic carbocycles. The number of carbonyl (C=O) groups is 1. The fourth-order valence-electron chi connectivity index (χ4n) is 1.74. The largest absolute Gasteiger partial charge is 0.394 e. The highest BCUT2D eigenvalue weighted by molar-refractivity contribution is 7.98. The number of hydrogen-bond donors (Lipinski definition) is 2. The van der Waals surface area contributed by atoms with E-state index in [4.69, 9.17) is 10.5 Å². The molecule has 0 radical (unpaired) electrons. The van der Waals surface area contributed by atoms with Gasteiger partial charge in [-0.1, -0.05) is 0 Å². The third-order valence-corrected chi connectivity index (χ3v) is 3.57. The highest BCUT2D eigenvalue weighted by Crippen LogP contribution is 2.23. The molecule has 7 heteroatoms. The first-order valence-corrected chi connectivity index (χ1v) is 6.72. The molecule has 1 aliphatic heterocycles. The van der Waals surface area contributed by atoms with Crippen molar-refractivity contribution in [1.29, 1.82) is 0 Å². The monoisotopic (exact) mass is 288 g/mol. The van der Waals surface area contributed by atoms with Crippen LogP contribution < -0.4 is 10.5 Å². The maximum atomic E-state index is 13.2. The van der Waals surface area contributed by atoms with E-state index < -0.39 is 23.4 Å². The number of benzene rings is 1. The predicted octanol–water partition coefficient (Wildman–Crippen LogP) is 2.24. The van der Waals surface area contributed by atoms with Crippen LogP contribution in [0.25, 0.3) is 0 Å². The fraction of sp³-hybridized carbons (Fsp3) is 0.417. The number of nitrogens with one attached hydrogen (secondary N) is 1. The molecule has 104 valence electrons. The molecular weight excluding hydrogens is 274 g/mol. The number of nitrogen functional groups attached to an aromatic ring is 1. The molecule has 19 heavy (non-hydrogen) atoms. The van der Waals surface area contributed by atoms with Crippen molar-refractivity contribution < 1.29 is 18.3 Å². The van der Waals surface area contributed by atoms with Crippen molar-refractivity contribution in [2.45, 2.75) is 30.3 Å². The molecule has 0 bridgehead atoms. The lowest BCUT2D eigenvalue weighted by Gasteiger charge is -2.21. The van der Waals surface area contributed by atoms with Crippen LogP contribution in [-0.4, -0.2) is 18.6 Å². The van der Waals surface area contributed by atoms with Gasteiger partial charge < -0.3 is 10.5 Å². The molecule has 3 N–H and O–H groups in total. The quantitative estimate of drug-likeness (QED) is 0.661. The van der Waals surface area contributed by atoms with Gasteiger partial charge in [-0.15, -0.1) is 0 Å². The standard InChI is InChI=1S/C12H14F2N2O2S/c13-8-5-7(6-9(14)11(8)15)19-16-12(17)10-3-1-2-4-18-10/h5-6,10H,1-4,15H2,(H,16,17). The number of nitrogens with two attached hydrogens (primary N) is 1. The first-order chi connectivity index (χ1) is 9.08. The van der Waals surface area contributed by atoms with E-state index >= 15 is 0 Å². The Hall–Kier alpha value is -1.34. The number of carbonyl (C=O) groups excluding carboxylic acids is 1. The smallest absolute Gasteiger partial charge is 0.259 e. The van der Waals surface area contributed by atoms with Gasteiger partial charge in [-0.2, -0.15) is 0 Å². The number of anilines is 1. The Morgan fingerprint density at radius 2 is 2.05 bits per heavy atom. The number of rotatable bonds is 3. The first kappa shape index (κ1) is 14.1. The lowest BCUT2D eigenvalue weighted by Crippen LogP contribution is -2.35. The molecule has 0 saturated carbocycles. The lowest BCUT2D eigenvalue weighted by atomic mass is 10.1. The third kappa shape index (κ3) is 3.57. The van der Waals surface area contributed by atoms with Gasteiger partial charge in [0.05, 0.1) is 0 Å². The second kappa shape index (κ2) is 6.21. The van der Waals surface area contributed by atoms with Gasteiger partial charge in [-0.25, -0.2) is 8.78 Å². The Bertz CT molecular complexity index is 456. The van der Waals surface area contributed by atoms with Crippen molar-refractivity contribution >= 4 is 23.5 Å². The van der Waals surface area contributed by atoms with Crippen molar-refractivity contribution in [2.75, 3.05) is 12.3 Å². The van der Waals surface area contributed by atoms with Crippen molar-refractivity contribution in [3.63, 3.8) is 0 Å². The van der Waals surface area contributed by atoms with E-state index in [0.717, 1.165) is 36.9 Å². The van der Waals surface area contributed by atoms with Gasteiger partial charge in [0.2, 0.25) is 0 Å². The molecule has 1 aromatic carbocycles. The van der Waals surface area contributed by atoms with Crippen LogP contribution in [0.3, 0.4) is 0 Å². The van der Waals surface area contributed by atoms with Crippen LogP contribution in [0, 0.1) is 11.6 Å². The summed E-state index contributed by atoms with van der Waals surface area (Å²) >= 11 is 0.844. The van der Waals surface area contributed by atoms with E-state index in [1.165, 1.54) is 0 Å². The van der Waals surface area contributed by atoms with Crippen LogP contribution in [0.5, 0.6) is 0 Å². The summed E-state index contributed by atoms with van der Waals surface area (Å²) in [5.74, 6) is -1.97. The Labute approximate surface area is 113 Å². The van der Waals surface area contributed by atoms with Gasteiger partial charge in [0, 0.05) is 11.5 Å². The summed E-state index contributed by atoms with van der Waals surface area (Å²) in [6.07, 6.45) is 2.07. The predicted molar refractivity (Wildman–Crippen MR) is 68.4 cm³/mol. The second-order valence-electron chi connectivity index (χ2n) is 4.22. The topological polar surface area (TPSA) is 64.3 Å². The molecule has 1 heterocycles. The first-order valence-electron chi connectivity index (χ1n) is 5.91. The molecular formula is C12H14F2N2O2S. The van der Waals surface area contributed by atoms with Crippen molar-refractivity contribution in [1.82, 2.24) is 4.72 Å². The zero-order chi connectivity index (χ0) is 13.8. The third-order valence-electron chi connectivity index (χ3n) is 2.79. The summed E-state index contributed by atoms with van der Waals surface area (Å²) in [6.45, 7) is 0.563. The van der Waals surface area contributed by atoms with Gasteiger partial charge >= 0.3 is 0 Å². The van der Waals surface area contributed by atoms with Gasteiger partial charge in [0.25, 0.3) is 5.91 Å². The van der Waals surface area contributed by atoms with Gasteiger partial charge in [-0.3, -0.25) is 9.52 Å². The highest BCUT2D eigenvalue weighted by atomic mass is 32.2. The highest BCUT2D eigenvalue weighted by Gasteiger charge is 2.22. The van der Waals surface area contributed by atoms with E-state index in [2.05, 4.69) is 4.72 Å². The Balaban J connectivity index is 1.93. The van der Waals surface area contributed by atoms with Gasteiger partial charge in [-0.05, 0) is 43.3 Å². The van der Waals surface area contributed by atoms with Gasteiger partial charge in [0.1, 0.15) is 23.4 Å². The van der Waals surface area contributed by atoms with E-state index in [1.807, 2.05) is 0 Å². The second-order valence-corrected chi connectivity index (χ2v) is 5.10. The molecule has 0 spiro atoms. The molecule has 1 amide bonds. The fourth-order valence-corrected chi connectivity index (χ4v) is 2.42. The Morgan fingerprint density at radius 1 is 1.37 bits per heavy atom. The molecule has 0 aromatic heterocycles. The van der Waals surface area contributed by atoms with E-state index in [1.54, 1.807) is 0 Å². The molecule has 2 rings (SSSR count). The molecule has 1 saturated heterocycles. The van der Waals surface area contributed by atoms with Crippen molar-refractivity contribution in [3.8, 4) is 0 Å². The summed E-state index contributed by atoms with van der Waals surface area (Å²) in [7, 11) is 0. The zero-order valence-corrected chi connectivity index (χ0v) is 10.9. The summed E-state index contributed by atoms with van der Waals surface area (Å²) < 4.78 is 34.2. The molecule has 1 aliphatic rings. The lowest BCUT2D eigenvalue weighted by molar-refractivity contribution is -0.133. The minimum atomic E-state index is -0.842. The average molecular weight is 288 g/mol. The molecule has 1 aromatic rings. The molecule has 1 unspecified atom stereocenters. The van der Waals surface area contributed by atoms with Crippen LogP contribution in [0.15, 0.2) is 17.0 Å². The molecule has 4 nitrogen and oxygen atoms in total. The normalized spacial score (nSPS) is 19.2. The summed E-state index contributed by atoms with van der Waals surface area (Å²) in [4.78, 5) is 12.0. The maximum absolute atomic E-state index is 13.2. The van der Waals surface area contributed by atoms with Gasteiger partial charge in [0.15, 0.2) is 0 Å². The average Bonchev–Trinajstić information content (AvgIpc) is 2.43. The summed E-state index contributed by atoms with van der Waals surface area (Å²) in [5, 5.41) is 0. The minimum absolute atomic E-state index is 0.244. The zero-order valence-electron chi connectivity index (χ0n) is 10.1. The minimum Gasteiger partial charge on any atom is -0.394 e. The number of halogens is 2. The van der Waals surface area contributed by atoms with Crippen molar-refractivity contribution in [2.24, 2.45) is 0 Å². The Kier molecular flexibility index (Phi) is 4.60. The molecule has 1 atom stereocenters. The Morgan fingerprint density at radius 3 is 2.63 bits per heavy atom. The summed E-state index contributed by atoms with van der Waals surface area (Å²) in [6, 6.07) is 2.15. The van der Waals surface area contributed by atoms with Crippen LogP contribution in [0.2, 0.25) is 0 Å². The SMILES string of the molecule is Nc1c(F)cc(SNC(=O)C2CCCCO2)cc1F. The number of ether oxygens (including phenoxy) is 1. The van der Waals surface area contributed by atoms with Crippen molar-refractivity contribution in [3.05, 3.63) is 23.8 Å².